The summed E-state index contributed by atoms with van der Waals surface area (Å²) in [6, 6.07) is -0.813. The fourth-order valence-electron chi connectivity index (χ4n) is 11.0. The fraction of sp³-hybridized carbons (Fsp3) is 0.797. The lowest BCUT2D eigenvalue weighted by Gasteiger charge is -2.40. The quantitative estimate of drug-likeness (QED) is 0.0261. The number of allylic oxidation sites excluding steroid dienone is 13. The average Bonchev–Trinajstić information content (AvgIpc) is 3.61. The first-order valence-corrected chi connectivity index (χ1v) is 35.3. The van der Waals surface area contributed by atoms with Crippen molar-refractivity contribution in [1.82, 2.24) is 5.32 Å². The molecular weight excluding hydrogens is 1030 g/mol. The number of nitrogens with one attached hydrogen (secondary N) is 1. The molecular formula is C74H133NO8. The van der Waals surface area contributed by atoms with E-state index in [0.717, 1.165) is 77.0 Å². The van der Waals surface area contributed by atoms with Crippen molar-refractivity contribution in [2.75, 3.05) is 13.2 Å². The molecule has 0 spiro atoms. The van der Waals surface area contributed by atoms with Gasteiger partial charge in [-0.25, -0.2) is 0 Å². The van der Waals surface area contributed by atoms with Gasteiger partial charge >= 0.3 is 0 Å². The Balaban J connectivity index is 2.14. The van der Waals surface area contributed by atoms with Crippen LogP contribution in [0.5, 0.6) is 0 Å². The SMILES string of the molecule is CC/C=C\C/C=C\C/C=C\C/C=C\C/C=C\C/C=C\CCCCCCCCCCCCCCC(=O)NC(COC1OC(CO)C(O)C(O)C1O)C(O)/C=C/CCCCCCCCCCCCCCCCCCCCCCCCCCCCC. The number of unbranched alkanes of at least 4 members (excludes halogenated alkanes) is 39. The molecule has 1 saturated heterocycles. The molecule has 1 heterocycles. The van der Waals surface area contributed by atoms with Gasteiger partial charge in [-0.1, -0.05) is 330 Å². The van der Waals surface area contributed by atoms with Gasteiger partial charge in [0.1, 0.15) is 24.4 Å². The van der Waals surface area contributed by atoms with E-state index in [2.05, 4.69) is 92.1 Å². The molecule has 83 heavy (non-hydrogen) atoms. The van der Waals surface area contributed by atoms with E-state index >= 15 is 0 Å². The second-order valence-electron chi connectivity index (χ2n) is 24.3. The van der Waals surface area contributed by atoms with Crippen molar-refractivity contribution in [1.29, 1.82) is 0 Å². The number of amides is 1. The Morgan fingerprint density at radius 1 is 0.422 bits per heavy atom. The lowest BCUT2D eigenvalue weighted by molar-refractivity contribution is -0.302. The number of carbonyl (C=O) groups is 1. The van der Waals surface area contributed by atoms with E-state index < -0.39 is 49.5 Å². The third-order valence-corrected chi connectivity index (χ3v) is 16.5. The highest BCUT2D eigenvalue weighted by Crippen LogP contribution is 2.23. The highest BCUT2D eigenvalue weighted by Gasteiger charge is 2.44. The van der Waals surface area contributed by atoms with Crippen LogP contribution in [0, 0.1) is 0 Å². The van der Waals surface area contributed by atoms with Crippen LogP contribution in [0.1, 0.15) is 322 Å². The van der Waals surface area contributed by atoms with E-state index in [1.807, 2.05) is 6.08 Å². The molecule has 0 aromatic heterocycles. The predicted molar refractivity (Wildman–Crippen MR) is 355 cm³/mol. The van der Waals surface area contributed by atoms with Crippen LogP contribution < -0.4 is 5.32 Å². The minimum absolute atomic E-state index is 0.178. The molecule has 7 atom stereocenters. The molecule has 6 N–H and O–H groups in total. The van der Waals surface area contributed by atoms with Crippen molar-refractivity contribution in [3.8, 4) is 0 Å². The molecule has 9 heteroatoms. The Kier molecular flexibility index (Phi) is 59.0. The summed E-state index contributed by atoms with van der Waals surface area (Å²) >= 11 is 0. The summed E-state index contributed by atoms with van der Waals surface area (Å²) in [6.07, 6.45) is 82.5. The van der Waals surface area contributed by atoms with E-state index in [-0.39, 0.29) is 12.5 Å². The second-order valence-corrected chi connectivity index (χ2v) is 24.3. The Morgan fingerprint density at radius 2 is 0.747 bits per heavy atom. The lowest BCUT2D eigenvalue weighted by Crippen LogP contribution is -2.60. The van der Waals surface area contributed by atoms with Crippen LogP contribution in [0.4, 0.5) is 0 Å². The van der Waals surface area contributed by atoms with Crippen molar-refractivity contribution in [3.63, 3.8) is 0 Å². The smallest absolute Gasteiger partial charge is 0.220 e. The Morgan fingerprint density at radius 3 is 1.11 bits per heavy atom. The summed E-state index contributed by atoms with van der Waals surface area (Å²) in [5.41, 5.74) is 0. The number of aliphatic hydroxyl groups is 5. The van der Waals surface area contributed by atoms with E-state index in [1.54, 1.807) is 6.08 Å². The average molecular weight is 1160 g/mol. The van der Waals surface area contributed by atoms with Crippen molar-refractivity contribution in [3.05, 3.63) is 85.1 Å². The van der Waals surface area contributed by atoms with E-state index in [9.17, 15) is 30.3 Å². The minimum atomic E-state index is -1.57. The van der Waals surface area contributed by atoms with Gasteiger partial charge in [-0.15, -0.1) is 0 Å². The molecule has 0 saturated carbocycles. The highest BCUT2D eigenvalue weighted by molar-refractivity contribution is 5.76. The Bertz CT molecular complexity index is 1590. The summed E-state index contributed by atoms with van der Waals surface area (Å²) in [7, 11) is 0. The molecule has 0 radical (unpaired) electrons. The number of rotatable bonds is 61. The number of carbonyl (C=O) groups excluding carboxylic acids is 1. The monoisotopic (exact) mass is 1160 g/mol. The molecule has 482 valence electrons. The molecule has 9 nitrogen and oxygen atoms in total. The van der Waals surface area contributed by atoms with E-state index in [4.69, 9.17) is 9.47 Å². The van der Waals surface area contributed by atoms with Crippen molar-refractivity contribution in [2.45, 2.75) is 365 Å². The maximum Gasteiger partial charge on any atom is 0.220 e. The largest absolute Gasteiger partial charge is 0.394 e. The summed E-state index contributed by atoms with van der Waals surface area (Å²) in [6.45, 7) is 3.70. The first-order chi connectivity index (χ1) is 40.8. The lowest BCUT2D eigenvalue weighted by atomic mass is 9.99. The molecule has 7 unspecified atom stereocenters. The molecule has 1 aliphatic heterocycles. The summed E-state index contributed by atoms with van der Waals surface area (Å²) in [5, 5.41) is 54.8. The zero-order valence-electron chi connectivity index (χ0n) is 53.9. The second kappa shape index (κ2) is 62.4. The molecule has 1 aliphatic rings. The van der Waals surface area contributed by atoms with Crippen LogP contribution in [-0.2, 0) is 14.3 Å². The third kappa shape index (κ3) is 51.2. The van der Waals surface area contributed by atoms with Gasteiger partial charge in [0.25, 0.3) is 0 Å². The zero-order valence-corrected chi connectivity index (χ0v) is 53.9. The Hall–Kier alpha value is -2.63. The predicted octanol–water partition coefficient (Wildman–Crippen LogP) is 19.3. The van der Waals surface area contributed by atoms with Crippen LogP contribution in [0.3, 0.4) is 0 Å². The number of hydrogen-bond acceptors (Lipinski definition) is 8. The number of aliphatic hydroxyl groups excluding tert-OH is 5. The van der Waals surface area contributed by atoms with Gasteiger partial charge < -0.3 is 40.3 Å². The number of ether oxygens (including phenoxy) is 2. The Labute approximate surface area is 511 Å². The summed E-state index contributed by atoms with van der Waals surface area (Å²) in [4.78, 5) is 13.1. The van der Waals surface area contributed by atoms with Crippen LogP contribution in [0.2, 0.25) is 0 Å². The van der Waals surface area contributed by atoms with Gasteiger partial charge in [-0.3, -0.25) is 4.79 Å². The first-order valence-electron chi connectivity index (χ1n) is 35.3. The van der Waals surface area contributed by atoms with Crippen molar-refractivity contribution >= 4 is 5.91 Å². The molecule has 1 fully saturated rings. The standard InChI is InChI=1S/C74H133NO8/c1-3-5-7-9-11-13-15-17-19-21-23-25-27-29-31-33-34-36-38-40-42-44-46-48-50-52-54-56-58-60-62-64-70(78)75-67(66-82-74-73(81)72(80)71(79)69(65-76)83-74)68(77)63-61-59-57-55-53-51-49-47-45-43-41-39-37-35-32-30-28-26-24-22-20-18-16-14-12-10-8-6-4-2/h5,7,11,13,17,19,23,25,29,31,34,36,61,63,67-69,71-74,76-77,79-81H,3-4,6,8-10,12,14-16,18,20-22,24,26-28,30,32-33,35,37-60,62,64-66H2,1-2H3,(H,75,78)/b7-5-,13-11-,19-17-,25-23-,31-29-,36-34-,63-61+. The van der Waals surface area contributed by atoms with E-state index in [1.165, 1.54) is 225 Å². The van der Waals surface area contributed by atoms with Crippen LogP contribution in [0.25, 0.3) is 0 Å². The molecule has 0 bridgehead atoms. The highest BCUT2D eigenvalue weighted by atomic mass is 16.7. The topological polar surface area (TPSA) is 149 Å². The van der Waals surface area contributed by atoms with Gasteiger partial charge in [-0.05, 0) is 70.6 Å². The minimum Gasteiger partial charge on any atom is -0.394 e. The summed E-state index contributed by atoms with van der Waals surface area (Å²) < 4.78 is 11.3. The normalized spacial score (nSPS) is 18.8. The first kappa shape index (κ1) is 78.4. The molecule has 1 amide bonds. The van der Waals surface area contributed by atoms with Gasteiger partial charge in [0, 0.05) is 6.42 Å². The van der Waals surface area contributed by atoms with Crippen molar-refractivity contribution < 1.29 is 39.8 Å². The third-order valence-electron chi connectivity index (χ3n) is 16.5. The van der Waals surface area contributed by atoms with Gasteiger partial charge in [0.15, 0.2) is 6.29 Å². The van der Waals surface area contributed by atoms with Crippen LogP contribution in [-0.4, -0.2) is 87.5 Å². The van der Waals surface area contributed by atoms with Gasteiger partial charge in [0.2, 0.25) is 5.91 Å². The summed E-state index contributed by atoms with van der Waals surface area (Å²) in [5.74, 6) is -0.178. The van der Waals surface area contributed by atoms with Crippen LogP contribution in [0.15, 0.2) is 85.1 Å². The van der Waals surface area contributed by atoms with E-state index in [0.29, 0.717) is 6.42 Å². The molecule has 0 aliphatic carbocycles. The molecule has 0 aromatic carbocycles. The molecule has 0 aromatic rings. The maximum absolute atomic E-state index is 13.1. The maximum atomic E-state index is 13.1. The molecule has 1 rings (SSSR count). The van der Waals surface area contributed by atoms with Gasteiger partial charge in [0.05, 0.1) is 25.4 Å². The fourth-order valence-corrected chi connectivity index (χ4v) is 11.0. The van der Waals surface area contributed by atoms with Crippen molar-refractivity contribution in [2.24, 2.45) is 0 Å². The van der Waals surface area contributed by atoms with Crippen LogP contribution >= 0.6 is 0 Å². The number of hydrogen-bond donors (Lipinski definition) is 6. The zero-order chi connectivity index (χ0) is 60.0. The van der Waals surface area contributed by atoms with Gasteiger partial charge in [-0.2, -0.15) is 0 Å².